The fourth-order valence-corrected chi connectivity index (χ4v) is 1.30. The topological polar surface area (TPSA) is 124 Å². The number of nitro groups is 1. The van der Waals surface area contributed by atoms with Crippen LogP contribution in [0.15, 0.2) is 24.3 Å². The Balaban J connectivity index is 3.15. The molecule has 1 aromatic rings. The number of aromatic carboxylic acids is 1. The molecule has 18 heavy (non-hydrogen) atoms. The van der Waals surface area contributed by atoms with E-state index in [1.54, 1.807) is 0 Å². The maximum Gasteiger partial charge on any atom is 0.336 e. The molecule has 1 aromatic carbocycles. The van der Waals surface area contributed by atoms with Crippen molar-refractivity contribution < 1.29 is 19.6 Å². The molecular weight excluding hydrogens is 240 g/mol. The Kier molecular flexibility index (Phi) is 4.14. The molecule has 7 nitrogen and oxygen atoms in total. The Morgan fingerprint density at radius 1 is 1.44 bits per heavy atom. The number of amides is 1. The number of non-ortho nitro benzene ring substituents is 1. The molecule has 0 radical (unpaired) electrons. The van der Waals surface area contributed by atoms with Crippen LogP contribution >= 0.6 is 0 Å². The first-order chi connectivity index (χ1) is 8.41. The number of carbonyl (C=O) groups excluding carboxylic acids is 1. The standard InChI is InChI=1S/C11H10N2O5/c12-10(14)3-1-2-7-6-8(13(17)18)4-5-9(7)11(15)16/h1-2,4-6H,3H2,(H2,12,14)(H,15,16). The summed E-state index contributed by atoms with van der Waals surface area (Å²) in [6.07, 6.45) is 2.61. The molecule has 0 unspecified atom stereocenters. The van der Waals surface area contributed by atoms with E-state index in [9.17, 15) is 19.7 Å². The van der Waals surface area contributed by atoms with E-state index in [0.717, 1.165) is 18.2 Å². The number of primary amides is 1. The van der Waals surface area contributed by atoms with E-state index in [1.165, 1.54) is 12.2 Å². The predicted molar refractivity (Wildman–Crippen MR) is 62.9 cm³/mol. The maximum atomic E-state index is 10.9. The average Bonchev–Trinajstić information content (AvgIpc) is 2.27. The minimum atomic E-state index is -1.20. The van der Waals surface area contributed by atoms with Crippen molar-refractivity contribution in [1.29, 1.82) is 0 Å². The molecule has 0 saturated carbocycles. The number of carboxylic acid groups (broad SMARTS) is 1. The average molecular weight is 250 g/mol. The second-order valence-electron chi connectivity index (χ2n) is 3.41. The highest BCUT2D eigenvalue weighted by Gasteiger charge is 2.13. The molecule has 7 heteroatoms. The van der Waals surface area contributed by atoms with Gasteiger partial charge >= 0.3 is 5.97 Å². The lowest BCUT2D eigenvalue weighted by molar-refractivity contribution is -0.384. The van der Waals surface area contributed by atoms with Gasteiger partial charge in [-0.1, -0.05) is 12.2 Å². The third kappa shape index (κ3) is 3.41. The van der Waals surface area contributed by atoms with Gasteiger partial charge in [0.05, 0.1) is 10.5 Å². The molecule has 94 valence electrons. The molecule has 0 aliphatic carbocycles. The number of nitrogens with zero attached hydrogens (tertiary/aromatic N) is 1. The SMILES string of the molecule is NC(=O)CC=Cc1cc([N+](=O)[O-])ccc1C(=O)O. The van der Waals surface area contributed by atoms with Crippen molar-refractivity contribution in [3.63, 3.8) is 0 Å². The number of carboxylic acids is 1. The molecule has 1 amide bonds. The highest BCUT2D eigenvalue weighted by Crippen LogP contribution is 2.19. The van der Waals surface area contributed by atoms with E-state index in [1.807, 2.05) is 0 Å². The maximum absolute atomic E-state index is 10.9. The number of nitrogens with two attached hydrogens (primary N) is 1. The van der Waals surface area contributed by atoms with Gasteiger partial charge in [0.25, 0.3) is 5.69 Å². The van der Waals surface area contributed by atoms with E-state index in [0.29, 0.717) is 0 Å². The van der Waals surface area contributed by atoms with Crippen molar-refractivity contribution in [1.82, 2.24) is 0 Å². The summed E-state index contributed by atoms with van der Waals surface area (Å²) in [5, 5.41) is 19.5. The first-order valence-corrected chi connectivity index (χ1v) is 4.88. The molecule has 0 aliphatic heterocycles. The summed E-state index contributed by atoms with van der Waals surface area (Å²) in [4.78, 5) is 31.4. The zero-order chi connectivity index (χ0) is 13.7. The minimum absolute atomic E-state index is 0.0677. The Labute approximate surface area is 102 Å². The first-order valence-electron chi connectivity index (χ1n) is 4.88. The van der Waals surface area contributed by atoms with Gasteiger partial charge in [-0.2, -0.15) is 0 Å². The summed E-state index contributed by atoms with van der Waals surface area (Å²) in [5.74, 6) is -1.78. The number of benzene rings is 1. The van der Waals surface area contributed by atoms with Crippen LogP contribution in [-0.2, 0) is 4.79 Å². The van der Waals surface area contributed by atoms with Crippen molar-refractivity contribution >= 4 is 23.6 Å². The van der Waals surface area contributed by atoms with Crippen LogP contribution in [0.5, 0.6) is 0 Å². The second-order valence-corrected chi connectivity index (χ2v) is 3.41. The van der Waals surface area contributed by atoms with Gasteiger partial charge in [-0.3, -0.25) is 14.9 Å². The third-order valence-corrected chi connectivity index (χ3v) is 2.09. The number of carbonyl (C=O) groups is 2. The zero-order valence-electron chi connectivity index (χ0n) is 9.20. The van der Waals surface area contributed by atoms with Crippen LogP contribution in [0.25, 0.3) is 6.08 Å². The molecule has 0 atom stereocenters. The van der Waals surface area contributed by atoms with E-state index in [4.69, 9.17) is 10.8 Å². The zero-order valence-corrected chi connectivity index (χ0v) is 9.20. The Hall–Kier alpha value is -2.70. The summed E-state index contributed by atoms with van der Waals surface area (Å²) >= 11 is 0. The van der Waals surface area contributed by atoms with Gasteiger partial charge in [-0.25, -0.2) is 4.79 Å². The van der Waals surface area contributed by atoms with E-state index in [2.05, 4.69) is 0 Å². The lowest BCUT2D eigenvalue weighted by atomic mass is 10.1. The summed E-state index contributed by atoms with van der Waals surface area (Å²) in [6, 6.07) is 3.38. The third-order valence-electron chi connectivity index (χ3n) is 2.09. The summed E-state index contributed by atoms with van der Waals surface area (Å²) in [7, 11) is 0. The second kappa shape index (κ2) is 5.58. The van der Waals surface area contributed by atoms with Crippen LogP contribution in [0, 0.1) is 10.1 Å². The monoisotopic (exact) mass is 250 g/mol. The molecule has 0 aromatic heterocycles. The first kappa shape index (κ1) is 13.4. The van der Waals surface area contributed by atoms with Crippen LogP contribution < -0.4 is 5.73 Å². The van der Waals surface area contributed by atoms with Gasteiger partial charge in [-0.15, -0.1) is 0 Å². The lowest BCUT2D eigenvalue weighted by Crippen LogP contribution is -2.08. The van der Waals surface area contributed by atoms with Crippen molar-refractivity contribution in [2.75, 3.05) is 0 Å². The number of nitro benzene ring substituents is 1. The van der Waals surface area contributed by atoms with Crippen LogP contribution in [0.2, 0.25) is 0 Å². The van der Waals surface area contributed by atoms with Crippen LogP contribution in [0.1, 0.15) is 22.3 Å². The summed E-state index contributed by atoms with van der Waals surface area (Å²) < 4.78 is 0. The molecule has 0 spiro atoms. The van der Waals surface area contributed by atoms with E-state index < -0.39 is 16.8 Å². The molecular formula is C11H10N2O5. The van der Waals surface area contributed by atoms with Crippen molar-refractivity contribution in [2.24, 2.45) is 5.73 Å². The largest absolute Gasteiger partial charge is 0.478 e. The van der Waals surface area contributed by atoms with Gasteiger partial charge < -0.3 is 10.8 Å². The smallest absolute Gasteiger partial charge is 0.336 e. The quantitative estimate of drug-likeness (QED) is 0.599. The van der Waals surface area contributed by atoms with Crippen molar-refractivity contribution in [2.45, 2.75) is 6.42 Å². The number of rotatable bonds is 5. The molecule has 1 rings (SSSR count). The predicted octanol–water partition coefficient (Wildman–Crippen LogP) is 1.18. The normalized spacial score (nSPS) is 10.4. The van der Waals surface area contributed by atoms with Gasteiger partial charge in [0, 0.05) is 18.6 Å². The Bertz CT molecular complexity index is 536. The molecule has 0 bridgehead atoms. The highest BCUT2D eigenvalue weighted by atomic mass is 16.6. The Morgan fingerprint density at radius 2 is 2.11 bits per heavy atom. The molecule has 0 aliphatic rings. The minimum Gasteiger partial charge on any atom is -0.478 e. The molecule has 0 heterocycles. The van der Waals surface area contributed by atoms with Gasteiger partial charge in [0.1, 0.15) is 0 Å². The van der Waals surface area contributed by atoms with Gasteiger partial charge in [0.15, 0.2) is 0 Å². The van der Waals surface area contributed by atoms with Crippen LogP contribution in [0.4, 0.5) is 5.69 Å². The molecule has 0 saturated heterocycles. The van der Waals surface area contributed by atoms with Crippen molar-refractivity contribution in [3.05, 3.63) is 45.5 Å². The summed E-state index contributed by atoms with van der Waals surface area (Å²) in [5.41, 5.74) is 4.76. The fraction of sp³-hybridized carbons (Fsp3) is 0.0909. The van der Waals surface area contributed by atoms with Gasteiger partial charge in [-0.05, 0) is 11.6 Å². The fourth-order valence-electron chi connectivity index (χ4n) is 1.30. The summed E-state index contributed by atoms with van der Waals surface area (Å²) in [6.45, 7) is 0. The number of hydrogen-bond donors (Lipinski definition) is 2. The van der Waals surface area contributed by atoms with Crippen molar-refractivity contribution in [3.8, 4) is 0 Å². The molecule has 3 N–H and O–H groups in total. The van der Waals surface area contributed by atoms with Gasteiger partial charge in [0.2, 0.25) is 5.91 Å². The highest BCUT2D eigenvalue weighted by molar-refractivity contribution is 5.92. The van der Waals surface area contributed by atoms with E-state index >= 15 is 0 Å². The van der Waals surface area contributed by atoms with Crippen LogP contribution in [-0.4, -0.2) is 21.9 Å². The van der Waals surface area contributed by atoms with E-state index in [-0.39, 0.29) is 23.2 Å². The Morgan fingerprint density at radius 3 is 2.61 bits per heavy atom. The molecule has 0 fully saturated rings. The lowest BCUT2D eigenvalue weighted by Gasteiger charge is -2.00. The number of hydrogen-bond acceptors (Lipinski definition) is 4. The van der Waals surface area contributed by atoms with Crippen LogP contribution in [0.3, 0.4) is 0 Å².